The Morgan fingerprint density at radius 2 is 1.95 bits per heavy atom. The van der Waals surface area contributed by atoms with Crippen LogP contribution in [0.2, 0.25) is 10.0 Å². The van der Waals surface area contributed by atoms with Gasteiger partial charge in [0.15, 0.2) is 0 Å². The van der Waals surface area contributed by atoms with Crippen molar-refractivity contribution in [2.75, 3.05) is 5.75 Å². The van der Waals surface area contributed by atoms with Gasteiger partial charge < -0.3 is 0 Å². The number of thioether (sulfide) groups is 1. The van der Waals surface area contributed by atoms with Gasteiger partial charge in [-0.15, -0.1) is 10.2 Å². The Morgan fingerprint density at radius 1 is 1.23 bits per heavy atom. The van der Waals surface area contributed by atoms with Crippen LogP contribution in [0, 0.1) is 6.92 Å². The summed E-state index contributed by atoms with van der Waals surface area (Å²) >= 11 is 13.5. The van der Waals surface area contributed by atoms with Crippen molar-refractivity contribution < 1.29 is 0 Å². The number of rotatable bonds is 4. The molecular weight excluding hydrogens is 345 g/mol. The van der Waals surface area contributed by atoms with Gasteiger partial charge in [-0.3, -0.25) is 9.78 Å². The summed E-state index contributed by atoms with van der Waals surface area (Å²) in [5.41, 5.74) is 1.16. The SMILES string of the molecule is Cc1nn2c(SCCc3cc(Cl)cc(Cl)c3)nnc2[nH]c1=O. The van der Waals surface area contributed by atoms with Crippen molar-refractivity contribution in [1.29, 1.82) is 0 Å². The zero-order valence-corrected chi connectivity index (χ0v) is 13.8. The molecule has 0 bridgehead atoms. The van der Waals surface area contributed by atoms with Gasteiger partial charge in [-0.1, -0.05) is 35.0 Å². The number of aromatic amines is 1. The summed E-state index contributed by atoms with van der Waals surface area (Å²) in [6.45, 7) is 1.64. The van der Waals surface area contributed by atoms with Crippen molar-refractivity contribution in [3.8, 4) is 0 Å². The van der Waals surface area contributed by atoms with Crippen molar-refractivity contribution in [2.24, 2.45) is 0 Å². The number of fused-ring (bicyclic) bond motifs is 1. The number of H-pyrrole nitrogens is 1. The van der Waals surface area contributed by atoms with E-state index < -0.39 is 0 Å². The van der Waals surface area contributed by atoms with Crippen LogP contribution >= 0.6 is 35.0 Å². The van der Waals surface area contributed by atoms with E-state index in [1.54, 1.807) is 13.0 Å². The molecule has 1 N–H and O–H groups in total. The van der Waals surface area contributed by atoms with Crippen LogP contribution in [0.25, 0.3) is 5.78 Å². The summed E-state index contributed by atoms with van der Waals surface area (Å²) in [4.78, 5) is 14.1. The Morgan fingerprint density at radius 3 is 2.68 bits per heavy atom. The Labute approximate surface area is 139 Å². The maximum Gasteiger partial charge on any atom is 0.273 e. The fourth-order valence-corrected chi connectivity index (χ4v) is 3.37. The Bertz CT molecular complexity index is 872. The van der Waals surface area contributed by atoms with Crippen molar-refractivity contribution in [3.63, 3.8) is 0 Å². The zero-order valence-electron chi connectivity index (χ0n) is 11.5. The molecule has 0 amide bonds. The molecule has 0 radical (unpaired) electrons. The van der Waals surface area contributed by atoms with E-state index in [1.165, 1.54) is 16.3 Å². The average molecular weight is 356 g/mol. The fourth-order valence-electron chi connectivity index (χ4n) is 1.93. The molecule has 0 atom stereocenters. The van der Waals surface area contributed by atoms with Crippen LogP contribution in [0.4, 0.5) is 0 Å². The molecule has 0 aliphatic heterocycles. The molecule has 0 fully saturated rings. The Balaban J connectivity index is 1.74. The molecular formula is C13H11Cl2N5OS. The molecule has 3 aromatic rings. The highest BCUT2D eigenvalue weighted by Gasteiger charge is 2.10. The van der Waals surface area contributed by atoms with Gasteiger partial charge in [0.25, 0.3) is 11.3 Å². The first-order valence-electron chi connectivity index (χ1n) is 6.43. The van der Waals surface area contributed by atoms with Gasteiger partial charge in [0.05, 0.1) is 0 Å². The van der Waals surface area contributed by atoms with Crippen LogP contribution in [0.3, 0.4) is 0 Å². The third kappa shape index (κ3) is 3.26. The van der Waals surface area contributed by atoms with E-state index in [1.807, 2.05) is 12.1 Å². The summed E-state index contributed by atoms with van der Waals surface area (Å²) in [6.07, 6.45) is 0.780. The molecule has 9 heteroatoms. The predicted octanol–water partition coefficient (Wildman–Crippen LogP) is 2.76. The number of aromatic nitrogens is 5. The van der Waals surface area contributed by atoms with Crippen LogP contribution in [-0.2, 0) is 6.42 Å². The van der Waals surface area contributed by atoms with E-state index in [4.69, 9.17) is 23.2 Å². The molecule has 0 saturated heterocycles. The largest absolute Gasteiger partial charge is 0.288 e. The van der Waals surface area contributed by atoms with Crippen LogP contribution in [0.5, 0.6) is 0 Å². The second-order valence-electron chi connectivity index (χ2n) is 4.63. The molecule has 2 heterocycles. The van der Waals surface area contributed by atoms with Crippen molar-refractivity contribution in [2.45, 2.75) is 18.5 Å². The molecule has 2 aromatic heterocycles. The second-order valence-corrected chi connectivity index (χ2v) is 6.57. The molecule has 1 aromatic carbocycles. The zero-order chi connectivity index (χ0) is 15.7. The first-order valence-corrected chi connectivity index (χ1v) is 8.17. The first kappa shape index (κ1) is 15.3. The van der Waals surface area contributed by atoms with Gasteiger partial charge in [-0.05, 0) is 37.1 Å². The number of aryl methyl sites for hydroxylation is 2. The molecule has 6 nitrogen and oxygen atoms in total. The Kier molecular flexibility index (Phi) is 4.37. The lowest BCUT2D eigenvalue weighted by atomic mass is 10.2. The van der Waals surface area contributed by atoms with E-state index in [0.717, 1.165) is 17.7 Å². The minimum absolute atomic E-state index is 0.259. The third-order valence-electron chi connectivity index (χ3n) is 2.96. The van der Waals surface area contributed by atoms with Gasteiger partial charge in [0.1, 0.15) is 5.69 Å². The number of hydrogen-bond acceptors (Lipinski definition) is 5. The van der Waals surface area contributed by atoms with E-state index in [0.29, 0.717) is 26.7 Å². The number of benzene rings is 1. The van der Waals surface area contributed by atoms with E-state index >= 15 is 0 Å². The molecule has 114 valence electrons. The smallest absolute Gasteiger partial charge is 0.273 e. The first-order chi connectivity index (χ1) is 10.5. The minimum atomic E-state index is -0.259. The highest BCUT2D eigenvalue weighted by atomic mass is 35.5. The normalized spacial score (nSPS) is 11.2. The highest BCUT2D eigenvalue weighted by Crippen LogP contribution is 2.22. The van der Waals surface area contributed by atoms with Gasteiger partial charge in [-0.2, -0.15) is 9.61 Å². The summed E-state index contributed by atoms with van der Waals surface area (Å²) in [5.74, 6) is 1.10. The number of hydrogen-bond donors (Lipinski definition) is 1. The number of nitrogens with zero attached hydrogens (tertiary/aromatic N) is 4. The minimum Gasteiger partial charge on any atom is -0.288 e. The lowest BCUT2D eigenvalue weighted by Gasteiger charge is -2.03. The Hall–Kier alpha value is -1.57. The van der Waals surface area contributed by atoms with Gasteiger partial charge >= 0.3 is 0 Å². The monoisotopic (exact) mass is 355 g/mol. The topological polar surface area (TPSA) is 75.9 Å². The molecule has 0 unspecified atom stereocenters. The third-order valence-corrected chi connectivity index (χ3v) is 4.32. The molecule has 0 aliphatic rings. The molecule has 0 aliphatic carbocycles. The second kappa shape index (κ2) is 6.28. The lowest BCUT2D eigenvalue weighted by Crippen LogP contribution is -2.15. The van der Waals surface area contributed by atoms with E-state index in [9.17, 15) is 4.79 Å². The van der Waals surface area contributed by atoms with E-state index in [-0.39, 0.29) is 5.56 Å². The van der Waals surface area contributed by atoms with Gasteiger partial charge in [0, 0.05) is 15.8 Å². The number of nitrogens with one attached hydrogen (secondary N) is 1. The highest BCUT2D eigenvalue weighted by molar-refractivity contribution is 7.99. The molecule has 0 spiro atoms. The molecule has 3 rings (SSSR count). The fraction of sp³-hybridized carbons (Fsp3) is 0.231. The van der Waals surface area contributed by atoms with Crippen LogP contribution in [-0.4, -0.2) is 30.5 Å². The van der Waals surface area contributed by atoms with Crippen LogP contribution in [0.15, 0.2) is 28.2 Å². The molecule has 22 heavy (non-hydrogen) atoms. The van der Waals surface area contributed by atoms with Crippen LogP contribution < -0.4 is 5.56 Å². The van der Waals surface area contributed by atoms with Gasteiger partial charge in [-0.25, -0.2) is 0 Å². The van der Waals surface area contributed by atoms with E-state index in [2.05, 4.69) is 20.3 Å². The van der Waals surface area contributed by atoms with Crippen LogP contribution in [0.1, 0.15) is 11.3 Å². The maximum absolute atomic E-state index is 11.5. The summed E-state index contributed by atoms with van der Waals surface area (Å²) in [7, 11) is 0. The standard InChI is InChI=1S/C13H11Cl2N5OS/c1-7-11(21)16-12-17-18-13(20(12)19-7)22-3-2-8-4-9(14)6-10(15)5-8/h4-6H,2-3H2,1H3,(H,16,17,21). The van der Waals surface area contributed by atoms with Crippen molar-refractivity contribution >= 4 is 40.7 Å². The summed E-state index contributed by atoms with van der Waals surface area (Å²) < 4.78 is 1.53. The predicted molar refractivity (Wildman–Crippen MR) is 87.0 cm³/mol. The van der Waals surface area contributed by atoms with Crippen molar-refractivity contribution in [3.05, 3.63) is 49.9 Å². The van der Waals surface area contributed by atoms with Crippen molar-refractivity contribution in [1.82, 2.24) is 24.8 Å². The average Bonchev–Trinajstić information content (AvgIpc) is 2.81. The number of halogens is 2. The molecule has 0 saturated carbocycles. The lowest BCUT2D eigenvalue weighted by molar-refractivity contribution is 0.769. The summed E-state index contributed by atoms with van der Waals surface area (Å²) in [6, 6.07) is 5.47. The quantitative estimate of drug-likeness (QED) is 0.728. The van der Waals surface area contributed by atoms with Gasteiger partial charge in [0.2, 0.25) is 5.16 Å². The summed E-state index contributed by atoms with van der Waals surface area (Å²) in [5, 5.41) is 14.0. The maximum atomic E-state index is 11.5.